The summed E-state index contributed by atoms with van der Waals surface area (Å²) in [7, 11) is -3.78. The summed E-state index contributed by atoms with van der Waals surface area (Å²) in [5.41, 5.74) is 0.00536. The van der Waals surface area contributed by atoms with E-state index < -0.39 is 20.7 Å². The highest BCUT2D eigenvalue weighted by atomic mass is 32.2. The van der Waals surface area contributed by atoms with Crippen LogP contribution in [0.4, 0.5) is 0 Å². The number of ketones is 1. The van der Waals surface area contributed by atoms with Gasteiger partial charge < -0.3 is 5.11 Å². The minimum Gasteiger partial charge on any atom is -0.378 e. The maximum Gasteiger partial charge on any atom is 0.181 e. The predicted molar refractivity (Wildman–Crippen MR) is 128 cm³/mol. The maximum absolute atomic E-state index is 13.6. The van der Waals surface area contributed by atoms with Gasteiger partial charge >= 0.3 is 0 Å². The molecule has 1 aliphatic rings. The number of sulfone groups is 1. The quantitative estimate of drug-likeness (QED) is 0.430. The standard InChI is InChI=1S/C28H26O4S/c29-26(23-12-6-2-7-13-23)20-27(33(31,32)25-14-8-3-9-15-25)24-17-19-28(30,21-24)18-16-22-10-4-1-5-11-22/h1-15,24,27,30H,17,19-21H2/t24?,27-,28-/m1/s1. The van der Waals surface area contributed by atoms with E-state index in [1.807, 2.05) is 36.4 Å². The van der Waals surface area contributed by atoms with Crippen molar-refractivity contribution < 1.29 is 18.3 Å². The Hall–Kier alpha value is -3.20. The van der Waals surface area contributed by atoms with Crippen molar-refractivity contribution in [2.24, 2.45) is 5.92 Å². The Labute approximate surface area is 195 Å². The maximum atomic E-state index is 13.6. The summed E-state index contributed by atoms with van der Waals surface area (Å²) in [6.45, 7) is 0. The highest BCUT2D eigenvalue weighted by Gasteiger charge is 2.45. The number of hydrogen-bond donors (Lipinski definition) is 1. The van der Waals surface area contributed by atoms with Crippen molar-refractivity contribution in [1.29, 1.82) is 0 Å². The summed E-state index contributed by atoms with van der Waals surface area (Å²) in [4.78, 5) is 13.2. The van der Waals surface area contributed by atoms with Crippen molar-refractivity contribution in [3.8, 4) is 11.8 Å². The Morgan fingerprint density at radius 1 is 0.939 bits per heavy atom. The van der Waals surface area contributed by atoms with E-state index in [1.165, 1.54) is 0 Å². The molecule has 1 aliphatic carbocycles. The molecule has 0 spiro atoms. The van der Waals surface area contributed by atoms with Gasteiger partial charge in [0, 0.05) is 17.5 Å². The van der Waals surface area contributed by atoms with E-state index in [0.29, 0.717) is 18.4 Å². The molecule has 5 heteroatoms. The fraction of sp³-hybridized carbons (Fsp3) is 0.250. The SMILES string of the molecule is O=C(C[C@H](C1CC[C@](O)(C#Cc2ccccc2)C1)S(=O)(=O)c1ccccc1)c1ccccc1. The Morgan fingerprint density at radius 2 is 1.52 bits per heavy atom. The summed E-state index contributed by atoms with van der Waals surface area (Å²) in [5, 5.41) is 10.2. The molecule has 1 N–H and O–H groups in total. The zero-order valence-electron chi connectivity index (χ0n) is 18.2. The van der Waals surface area contributed by atoms with Gasteiger partial charge in [-0.25, -0.2) is 8.42 Å². The molecule has 0 bridgehead atoms. The first-order valence-electron chi connectivity index (χ1n) is 11.1. The first-order chi connectivity index (χ1) is 15.9. The van der Waals surface area contributed by atoms with Gasteiger partial charge in [-0.15, -0.1) is 0 Å². The zero-order chi connectivity index (χ0) is 23.3. The third-order valence-electron chi connectivity index (χ3n) is 6.22. The fourth-order valence-electron chi connectivity index (χ4n) is 4.44. The molecule has 0 aromatic heterocycles. The molecule has 168 valence electrons. The molecule has 4 rings (SSSR count). The van der Waals surface area contributed by atoms with E-state index in [1.54, 1.807) is 54.6 Å². The van der Waals surface area contributed by atoms with Crippen molar-refractivity contribution in [3.63, 3.8) is 0 Å². The second kappa shape index (κ2) is 9.74. The lowest BCUT2D eigenvalue weighted by Crippen LogP contribution is -2.33. The second-order valence-corrected chi connectivity index (χ2v) is 10.7. The molecule has 1 fully saturated rings. The highest BCUT2D eigenvalue weighted by molar-refractivity contribution is 7.92. The van der Waals surface area contributed by atoms with Gasteiger partial charge in [0.25, 0.3) is 0 Å². The van der Waals surface area contributed by atoms with Crippen molar-refractivity contribution in [2.45, 2.75) is 41.4 Å². The zero-order valence-corrected chi connectivity index (χ0v) is 19.0. The van der Waals surface area contributed by atoms with Crippen LogP contribution in [0.5, 0.6) is 0 Å². The highest BCUT2D eigenvalue weighted by Crippen LogP contribution is 2.41. The van der Waals surface area contributed by atoms with Gasteiger partial charge in [0.2, 0.25) is 0 Å². The smallest absolute Gasteiger partial charge is 0.181 e. The Morgan fingerprint density at radius 3 is 2.15 bits per heavy atom. The lowest BCUT2D eigenvalue weighted by molar-refractivity contribution is 0.0951. The second-order valence-electron chi connectivity index (χ2n) is 8.54. The van der Waals surface area contributed by atoms with Gasteiger partial charge in [-0.2, -0.15) is 0 Å². The van der Waals surface area contributed by atoms with Crippen molar-refractivity contribution in [2.75, 3.05) is 0 Å². The van der Waals surface area contributed by atoms with Crippen LogP contribution in [-0.4, -0.2) is 30.2 Å². The van der Waals surface area contributed by atoms with Crippen LogP contribution in [0.15, 0.2) is 95.9 Å². The third kappa shape index (κ3) is 5.42. The van der Waals surface area contributed by atoms with Gasteiger partial charge in [0.15, 0.2) is 15.6 Å². The van der Waals surface area contributed by atoms with Gasteiger partial charge in [0.1, 0.15) is 5.60 Å². The molecule has 0 saturated heterocycles. The van der Waals surface area contributed by atoms with Crippen LogP contribution in [0.3, 0.4) is 0 Å². The van der Waals surface area contributed by atoms with Crippen LogP contribution in [0.1, 0.15) is 41.6 Å². The molecule has 1 saturated carbocycles. The van der Waals surface area contributed by atoms with E-state index in [-0.39, 0.29) is 29.4 Å². The first-order valence-corrected chi connectivity index (χ1v) is 12.6. The van der Waals surface area contributed by atoms with E-state index in [2.05, 4.69) is 11.8 Å². The van der Waals surface area contributed by atoms with E-state index >= 15 is 0 Å². The predicted octanol–water partition coefficient (Wildman–Crippen LogP) is 4.68. The molecule has 3 atom stereocenters. The van der Waals surface area contributed by atoms with Crippen LogP contribution >= 0.6 is 0 Å². The number of Topliss-reactive ketones (excluding diaryl/α,β-unsaturated/α-hetero) is 1. The van der Waals surface area contributed by atoms with Crippen molar-refractivity contribution >= 4 is 15.6 Å². The number of benzene rings is 3. The number of rotatable bonds is 6. The molecule has 0 aliphatic heterocycles. The number of carbonyl (C=O) groups is 1. The van der Waals surface area contributed by atoms with E-state index in [0.717, 1.165) is 5.56 Å². The minimum absolute atomic E-state index is 0.131. The first kappa shape index (κ1) is 23.0. The molecule has 0 heterocycles. The molecule has 3 aromatic rings. The molecule has 1 unspecified atom stereocenters. The Bertz CT molecular complexity index is 1260. The average Bonchev–Trinajstić information content (AvgIpc) is 3.24. The lowest BCUT2D eigenvalue weighted by Gasteiger charge is -2.24. The number of hydrogen-bond acceptors (Lipinski definition) is 4. The largest absolute Gasteiger partial charge is 0.378 e. The molecular formula is C28H26O4S. The van der Waals surface area contributed by atoms with Gasteiger partial charge in [0.05, 0.1) is 10.1 Å². The third-order valence-corrected chi connectivity index (χ3v) is 8.50. The van der Waals surface area contributed by atoms with Crippen LogP contribution < -0.4 is 0 Å². The number of aliphatic hydroxyl groups is 1. The topological polar surface area (TPSA) is 71.4 Å². The summed E-state index contributed by atoms with van der Waals surface area (Å²) in [6.07, 6.45) is 0.941. The van der Waals surface area contributed by atoms with Crippen LogP contribution in [0.2, 0.25) is 0 Å². The monoisotopic (exact) mass is 458 g/mol. The summed E-state index contributed by atoms with van der Waals surface area (Å²) in [6, 6.07) is 26.4. The summed E-state index contributed by atoms with van der Waals surface area (Å²) in [5.74, 6) is 5.37. The van der Waals surface area contributed by atoms with Gasteiger partial charge in [-0.1, -0.05) is 78.6 Å². The molecule has 4 nitrogen and oxygen atoms in total. The normalized spacial score (nSPS) is 21.1. The molecule has 0 radical (unpaired) electrons. The minimum atomic E-state index is -3.78. The Kier molecular flexibility index (Phi) is 6.78. The Balaban J connectivity index is 1.62. The van der Waals surface area contributed by atoms with Crippen LogP contribution in [0, 0.1) is 17.8 Å². The van der Waals surface area contributed by atoms with Crippen LogP contribution in [-0.2, 0) is 9.84 Å². The van der Waals surface area contributed by atoms with E-state index in [9.17, 15) is 18.3 Å². The molecule has 0 amide bonds. The molecule has 33 heavy (non-hydrogen) atoms. The molecular weight excluding hydrogens is 432 g/mol. The fourth-order valence-corrected chi connectivity index (χ4v) is 6.44. The average molecular weight is 459 g/mol. The van der Waals surface area contributed by atoms with Crippen molar-refractivity contribution in [1.82, 2.24) is 0 Å². The summed E-state index contributed by atoms with van der Waals surface area (Å²) < 4.78 is 27.2. The van der Waals surface area contributed by atoms with Gasteiger partial charge in [-0.05, 0) is 49.4 Å². The van der Waals surface area contributed by atoms with Gasteiger partial charge in [-0.3, -0.25) is 4.79 Å². The lowest BCUT2D eigenvalue weighted by atomic mass is 9.94. The van der Waals surface area contributed by atoms with Crippen molar-refractivity contribution in [3.05, 3.63) is 102 Å². The van der Waals surface area contributed by atoms with E-state index in [4.69, 9.17) is 0 Å². The summed E-state index contributed by atoms with van der Waals surface area (Å²) >= 11 is 0. The van der Waals surface area contributed by atoms with Crippen LogP contribution in [0.25, 0.3) is 0 Å². The molecule has 3 aromatic carbocycles. The number of carbonyl (C=O) groups excluding carboxylic acids is 1.